The van der Waals surface area contributed by atoms with Crippen LogP contribution in [0.2, 0.25) is 0 Å². The molecule has 0 aromatic heterocycles. The van der Waals surface area contributed by atoms with Gasteiger partial charge in [0.25, 0.3) is 10.0 Å². The van der Waals surface area contributed by atoms with Crippen molar-refractivity contribution >= 4 is 27.4 Å². The molecule has 1 aliphatic heterocycles. The first-order valence-electron chi connectivity index (χ1n) is 15.8. The fourth-order valence-corrected chi connectivity index (χ4v) is 7.95. The highest BCUT2D eigenvalue weighted by atomic mass is 32.2. The number of allylic oxidation sites excluding steroid dienone is 2. The van der Waals surface area contributed by atoms with Gasteiger partial charge in [0.2, 0.25) is 0 Å². The highest BCUT2D eigenvalue weighted by Gasteiger charge is 2.50. The van der Waals surface area contributed by atoms with Crippen molar-refractivity contribution in [2.24, 2.45) is 5.92 Å². The largest absolute Gasteiger partial charge is 0.426 e. The fraction of sp³-hybridized carbons (Fsp3) is 0.146. The Labute approximate surface area is 276 Å². The number of cyclic esters (lactones) is 1. The van der Waals surface area contributed by atoms with Crippen molar-refractivity contribution in [1.82, 2.24) is 4.72 Å². The molecule has 5 nitrogen and oxygen atoms in total. The molecular formula is C41H35NO4S. The second-order valence-corrected chi connectivity index (χ2v) is 14.0. The van der Waals surface area contributed by atoms with Crippen LogP contribution >= 0.6 is 0 Å². The van der Waals surface area contributed by atoms with Crippen LogP contribution in [0.4, 0.5) is 0 Å². The van der Waals surface area contributed by atoms with Crippen molar-refractivity contribution < 1.29 is 17.9 Å². The molecule has 2 aliphatic rings. The van der Waals surface area contributed by atoms with E-state index in [0.717, 1.165) is 38.9 Å². The van der Waals surface area contributed by atoms with E-state index in [0.29, 0.717) is 11.5 Å². The van der Waals surface area contributed by atoms with Gasteiger partial charge in [0.05, 0.1) is 16.5 Å². The molecule has 0 spiro atoms. The van der Waals surface area contributed by atoms with Crippen molar-refractivity contribution in [3.8, 4) is 0 Å². The molecule has 4 atom stereocenters. The maximum atomic E-state index is 14.1. The van der Waals surface area contributed by atoms with Gasteiger partial charge in [-0.15, -0.1) is 0 Å². The van der Waals surface area contributed by atoms with Gasteiger partial charge in [-0.2, -0.15) is 0 Å². The molecule has 5 aromatic carbocycles. The summed E-state index contributed by atoms with van der Waals surface area (Å²) in [6.45, 7) is 3.96. The summed E-state index contributed by atoms with van der Waals surface area (Å²) in [6, 6.07) is 42.4. The minimum atomic E-state index is -3.93. The molecule has 1 aliphatic carbocycles. The highest BCUT2D eigenvalue weighted by molar-refractivity contribution is 7.89. The van der Waals surface area contributed by atoms with E-state index < -0.39 is 15.9 Å². The lowest BCUT2D eigenvalue weighted by atomic mass is 9.74. The Morgan fingerprint density at radius 3 is 1.96 bits per heavy atom. The minimum Gasteiger partial charge on any atom is -0.426 e. The van der Waals surface area contributed by atoms with E-state index in [1.54, 1.807) is 24.3 Å². The molecule has 0 unspecified atom stereocenters. The van der Waals surface area contributed by atoms with Gasteiger partial charge >= 0.3 is 5.97 Å². The predicted molar refractivity (Wildman–Crippen MR) is 186 cm³/mol. The summed E-state index contributed by atoms with van der Waals surface area (Å²) in [4.78, 5) is 14.3. The van der Waals surface area contributed by atoms with Gasteiger partial charge in [0.15, 0.2) is 0 Å². The van der Waals surface area contributed by atoms with E-state index in [-0.39, 0.29) is 28.6 Å². The van der Waals surface area contributed by atoms with E-state index in [9.17, 15) is 13.2 Å². The Morgan fingerprint density at radius 1 is 0.723 bits per heavy atom. The zero-order valence-corrected chi connectivity index (χ0v) is 27.0. The number of ether oxygens (including phenoxy) is 1. The van der Waals surface area contributed by atoms with Gasteiger partial charge in [-0.05, 0) is 54.3 Å². The molecule has 0 saturated heterocycles. The van der Waals surface area contributed by atoms with Crippen LogP contribution in [0.15, 0.2) is 151 Å². The molecule has 5 aromatic rings. The van der Waals surface area contributed by atoms with Crippen molar-refractivity contribution in [3.05, 3.63) is 185 Å². The second kappa shape index (κ2) is 12.5. The van der Waals surface area contributed by atoms with Gasteiger partial charge in [-0.3, -0.25) is 9.52 Å². The van der Waals surface area contributed by atoms with Crippen molar-refractivity contribution in [2.75, 3.05) is 0 Å². The molecule has 6 heteroatoms. The Morgan fingerprint density at radius 2 is 1.30 bits per heavy atom. The second-order valence-electron chi connectivity index (χ2n) is 12.3. The Bertz CT molecular complexity index is 2090. The van der Waals surface area contributed by atoms with E-state index >= 15 is 0 Å². The number of fused-ring (bicyclic) bond motifs is 3. The van der Waals surface area contributed by atoms with Crippen molar-refractivity contribution in [3.63, 3.8) is 0 Å². The third-order valence-corrected chi connectivity index (χ3v) is 10.6. The number of esters is 1. The fourth-order valence-electron chi connectivity index (χ4n) is 6.87. The summed E-state index contributed by atoms with van der Waals surface area (Å²) in [6.07, 6.45) is 4.06. The molecule has 1 N–H and O–H groups in total. The molecular weight excluding hydrogens is 603 g/mol. The van der Waals surface area contributed by atoms with Crippen LogP contribution in [0, 0.1) is 19.8 Å². The van der Waals surface area contributed by atoms with Gasteiger partial charge in [-0.1, -0.05) is 139 Å². The average molecular weight is 638 g/mol. The zero-order valence-electron chi connectivity index (χ0n) is 26.2. The summed E-state index contributed by atoms with van der Waals surface area (Å²) in [5.74, 6) is -1.12. The van der Waals surface area contributed by atoms with Crippen LogP contribution in [0.5, 0.6) is 0 Å². The minimum absolute atomic E-state index is 0.178. The van der Waals surface area contributed by atoms with E-state index in [2.05, 4.69) is 47.2 Å². The lowest BCUT2D eigenvalue weighted by molar-refractivity contribution is -0.143. The van der Waals surface area contributed by atoms with Crippen LogP contribution in [0.1, 0.15) is 56.7 Å². The van der Waals surface area contributed by atoms with E-state index in [4.69, 9.17) is 4.74 Å². The van der Waals surface area contributed by atoms with Gasteiger partial charge in [-0.25, -0.2) is 8.42 Å². The summed E-state index contributed by atoms with van der Waals surface area (Å²) in [7, 11) is -3.93. The number of carbonyl (C=O) groups excluding carboxylic acids is 1. The molecule has 7 rings (SSSR count). The van der Waals surface area contributed by atoms with Crippen LogP contribution < -0.4 is 4.72 Å². The summed E-state index contributed by atoms with van der Waals surface area (Å²) < 4.78 is 36.7. The Kier molecular flexibility index (Phi) is 8.12. The normalized spacial score (nSPS) is 19.6. The third-order valence-electron chi connectivity index (χ3n) is 9.22. The third kappa shape index (κ3) is 6.05. The summed E-state index contributed by atoms with van der Waals surface area (Å²) >= 11 is 0. The molecule has 47 heavy (non-hydrogen) atoms. The Balaban J connectivity index is 1.40. The van der Waals surface area contributed by atoms with Crippen LogP contribution in [-0.2, 0) is 19.6 Å². The Hall–Kier alpha value is -5.20. The van der Waals surface area contributed by atoms with Crippen LogP contribution in [-0.4, -0.2) is 14.4 Å². The molecule has 0 bridgehead atoms. The number of nitrogens with one attached hydrogen (secondary N) is 1. The smallest absolute Gasteiger partial charge is 0.315 e. The monoisotopic (exact) mass is 637 g/mol. The topological polar surface area (TPSA) is 72.5 Å². The lowest BCUT2D eigenvalue weighted by Gasteiger charge is -2.32. The molecule has 234 valence electrons. The molecule has 1 heterocycles. The van der Waals surface area contributed by atoms with Crippen molar-refractivity contribution in [1.29, 1.82) is 0 Å². The highest BCUT2D eigenvalue weighted by Crippen LogP contribution is 2.56. The maximum Gasteiger partial charge on any atom is 0.315 e. The lowest BCUT2D eigenvalue weighted by Crippen LogP contribution is -2.30. The predicted octanol–water partition coefficient (Wildman–Crippen LogP) is 8.50. The summed E-state index contributed by atoms with van der Waals surface area (Å²) in [5.41, 5.74) is 7.22. The average Bonchev–Trinajstić information content (AvgIpc) is 3.43. The molecule has 0 fully saturated rings. The van der Waals surface area contributed by atoms with Crippen molar-refractivity contribution in [2.45, 2.75) is 36.5 Å². The number of hydrogen-bond acceptors (Lipinski definition) is 4. The number of sulfonamides is 1. The quantitative estimate of drug-likeness (QED) is 0.173. The van der Waals surface area contributed by atoms with E-state index in [1.807, 2.05) is 92.7 Å². The summed E-state index contributed by atoms with van der Waals surface area (Å²) in [5, 5.41) is 0. The number of rotatable bonds is 8. The maximum absolute atomic E-state index is 14.1. The molecule has 0 amide bonds. The van der Waals surface area contributed by atoms with E-state index in [1.165, 1.54) is 0 Å². The van der Waals surface area contributed by atoms with Crippen LogP contribution in [0.3, 0.4) is 0 Å². The number of carbonyl (C=O) groups is 1. The van der Waals surface area contributed by atoms with Gasteiger partial charge < -0.3 is 4.74 Å². The number of benzene rings is 5. The van der Waals surface area contributed by atoms with Gasteiger partial charge in [0.1, 0.15) is 5.76 Å². The first-order valence-corrected chi connectivity index (χ1v) is 17.3. The molecule has 0 radical (unpaired) electrons. The van der Waals surface area contributed by atoms with Crippen LogP contribution in [0.25, 0.3) is 11.5 Å². The number of hydrogen-bond donors (Lipinski definition) is 1. The SMILES string of the molecule is Cc1ccc([C@H](/C=C(\NS(=O)(=O)c2ccc(C)cc2)c2ccccc2)[C@H]2c3ccccc3[C@@H]3C=C(c4ccccc4)OC(=O)[C@H]23)cc1. The first kappa shape index (κ1) is 30.5. The number of aryl methyl sites for hydroxylation is 2. The first-order chi connectivity index (χ1) is 22.8. The molecule has 0 saturated carbocycles. The standard InChI is InChI=1S/C41H35NO4S/c1-27-17-21-29(22-18-27)35(25-37(30-11-5-3-6-12-30)42-47(44,45)32-23-19-28(2)20-24-32)39-34-16-10-9-15-33(34)36-26-38(46-41(43)40(36)39)31-13-7-4-8-14-31/h3-26,35-36,39-40,42H,1-2H3/b37-25-/t35-,36-,39+,40-/m0/s1. The van der Waals surface area contributed by atoms with Gasteiger partial charge in [0, 0.05) is 23.3 Å². The zero-order chi connectivity index (χ0) is 32.5.